The fraction of sp³-hybridized carbons (Fsp3) is 0.263. The molecule has 0 fully saturated rings. The van der Waals surface area contributed by atoms with Gasteiger partial charge in [-0.25, -0.2) is 9.78 Å². The maximum Gasteiger partial charge on any atom is 0.330 e. The highest BCUT2D eigenvalue weighted by Gasteiger charge is 2.21. The molecule has 0 aliphatic rings. The van der Waals surface area contributed by atoms with Gasteiger partial charge in [0, 0.05) is 4.88 Å². The predicted molar refractivity (Wildman–Crippen MR) is 107 cm³/mol. The van der Waals surface area contributed by atoms with Crippen LogP contribution in [0.1, 0.15) is 0 Å². The van der Waals surface area contributed by atoms with Crippen LogP contribution < -0.4 is 15.6 Å². The van der Waals surface area contributed by atoms with Gasteiger partial charge in [0.1, 0.15) is 17.0 Å². The Balaban J connectivity index is 1.83. The van der Waals surface area contributed by atoms with Crippen LogP contribution in [0.5, 0.6) is 5.75 Å². The van der Waals surface area contributed by atoms with Crippen molar-refractivity contribution in [2.75, 3.05) is 20.8 Å². The second-order valence-corrected chi connectivity index (χ2v) is 7.11. The summed E-state index contributed by atoms with van der Waals surface area (Å²) in [6, 6.07) is 8.05. The monoisotopic (exact) mass is 417 g/mol. The van der Waals surface area contributed by atoms with Crippen LogP contribution >= 0.6 is 11.3 Å². The van der Waals surface area contributed by atoms with Gasteiger partial charge in [0.05, 0.1) is 32.7 Å². The lowest BCUT2D eigenvalue weighted by atomic mass is 10.2. The zero-order valence-corrected chi connectivity index (χ0v) is 16.6. The van der Waals surface area contributed by atoms with E-state index in [1.165, 1.54) is 17.7 Å². The Kier molecular flexibility index (Phi) is 6.25. The van der Waals surface area contributed by atoms with Crippen LogP contribution in [0.3, 0.4) is 0 Å². The number of carbonyl (C=O) groups excluding carboxylic acids is 2. The number of fused-ring (bicyclic) bond motifs is 1. The van der Waals surface area contributed by atoms with Gasteiger partial charge in [-0.05, 0) is 35.9 Å². The van der Waals surface area contributed by atoms with Gasteiger partial charge in [-0.2, -0.15) is 0 Å². The number of amides is 1. The number of benzene rings is 1. The number of nitrogens with zero attached hydrogens (tertiary/aromatic N) is 2. The number of hydrogen-bond acceptors (Lipinski definition) is 8. The van der Waals surface area contributed by atoms with E-state index in [1.54, 1.807) is 7.11 Å². The lowest BCUT2D eigenvalue weighted by Crippen LogP contribution is -2.46. The lowest BCUT2D eigenvalue weighted by Gasteiger charge is -2.14. The van der Waals surface area contributed by atoms with Gasteiger partial charge < -0.3 is 19.9 Å². The minimum absolute atomic E-state index is 0.342. The molecule has 1 atom stereocenters. The topological polar surface area (TPSA) is 120 Å². The molecule has 152 valence electrons. The Labute approximate surface area is 169 Å². The first-order chi connectivity index (χ1) is 14.0. The quantitative estimate of drug-likeness (QED) is 0.545. The van der Waals surface area contributed by atoms with Crippen molar-refractivity contribution in [1.82, 2.24) is 14.9 Å². The molecule has 1 aromatic carbocycles. The van der Waals surface area contributed by atoms with Gasteiger partial charge in [0.15, 0.2) is 6.04 Å². The highest BCUT2D eigenvalue weighted by Crippen LogP contribution is 2.31. The van der Waals surface area contributed by atoms with Crippen molar-refractivity contribution in [2.24, 2.45) is 0 Å². The summed E-state index contributed by atoms with van der Waals surface area (Å²) in [5.74, 6) is -0.664. The Hall–Kier alpha value is -3.24. The van der Waals surface area contributed by atoms with Gasteiger partial charge in [-0.15, -0.1) is 11.3 Å². The molecule has 0 unspecified atom stereocenters. The summed E-state index contributed by atoms with van der Waals surface area (Å²) in [7, 11) is 2.74. The van der Waals surface area contributed by atoms with E-state index in [4.69, 9.17) is 4.74 Å². The van der Waals surface area contributed by atoms with Crippen LogP contribution in [0, 0.1) is 0 Å². The fourth-order valence-electron chi connectivity index (χ4n) is 2.67. The van der Waals surface area contributed by atoms with Crippen LogP contribution in [-0.2, 0) is 20.9 Å². The number of nitrogens with one attached hydrogen (secondary N) is 1. The molecule has 10 heteroatoms. The number of esters is 1. The third-order valence-electron chi connectivity index (χ3n) is 4.20. The number of hydrogen-bond donors (Lipinski definition) is 2. The van der Waals surface area contributed by atoms with Crippen molar-refractivity contribution in [1.29, 1.82) is 0 Å². The molecule has 2 N–H and O–H groups in total. The Bertz CT molecular complexity index is 1090. The van der Waals surface area contributed by atoms with Crippen LogP contribution in [0.4, 0.5) is 0 Å². The van der Waals surface area contributed by atoms with Crippen molar-refractivity contribution in [2.45, 2.75) is 12.6 Å². The Morgan fingerprint density at radius 2 is 2.00 bits per heavy atom. The maximum absolute atomic E-state index is 12.7. The number of carbonyl (C=O) groups is 2. The molecule has 0 saturated heterocycles. The standard InChI is InChI=1S/C19H19N3O6S/c1-27-12-5-3-11(4-6-12)15-7-13-17(29-15)18(25)22(10-20-13)8-16(24)21-14(9-23)19(26)28-2/h3-7,10,14,23H,8-9H2,1-2H3,(H,21,24)/t14-/m0/s1. The number of aromatic nitrogens is 2. The van der Waals surface area contributed by atoms with Crippen molar-refractivity contribution in [3.05, 3.63) is 47.0 Å². The minimum atomic E-state index is -1.19. The predicted octanol–water partition coefficient (Wildman–Crippen LogP) is 0.784. The van der Waals surface area contributed by atoms with Gasteiger partial charge in [-0.3, -0.25) is 14.2 Å². The zero-order chi connectivity index (χ0) is 21.0. The molecule has 1 amide bonds. The molecule has 9 nitrogen and oxygen atoms in total. The highest BCUT2D eigenvalue weighted by atomic mass is 32.1. The van der Waals surface area contributed by atoms with Gasteiger partial charge in [-0.1, -0.05) is 0 Å². The number of ether oxygens (including phenoxy) is 2. The largest absolute Gasteiger partial charge is 0.497 e. The van der Waals surface area contributed by atoms with Gasteiger partial charge in [0.2, 0.25) is 5.91 Å². The molecule has 0 aliphatic heterocycles. The van der Waals surface area contributed by atoms with Crippen molar-refractivity contribution in [3.63, 3.8) is 0 Å². The summed E-state index contributed by atoms with van der Waals surface area (Å²) < 4.78 is 11.2. The third-order valence-corrected chi connectivity index (χ3v) is 5.36. The average Bonchev–Trinajstić information content (AvgIpc) is 3.18. The molecule has 2 aromatic heterocycles. The number of methoxy groups -OCH3 is 2. The molecule has 0 bridgehead atoms. The lowest BCUT2D eigenvalue weighted by molar-refractivity contribution is -0.146. The fourth-order valence-corrected chi connectivity index (χ4v) is 3.74. The molecule has 2 heterocycles. The van der Waals surface area contributed by atoms with E-state index < -0.39 is 24.5 Å². The number of aliphatic hydroxyl groups excluding tert-OH is 1. The molecule has 0 saturated carbocycles. The first kappa shape index (κ1) is 20.5. The summed E-state index contributed by atoms with van der Waals surface area (Å²) in [6.07, 6.45) is 1.28. The van der Waals surface area contributed by atoms with Crippen molar-refractivity contribution < 1.29 is 24.2 Å². The summed E-state index contributed by atoms with van der Waals surface area (Å²) in [5, 5.41) is 11.5. The second kappa shape index (κ2) is 8.84. The summed E-state index contributed by atoms with van der Waals surface area (Å²) in [4.78, 5) is 41.5. The van der Waals surface area contributed by atoms with E-state index in [0.717, 1.165) is 27.9 Å². The average molecular weight is 417 g/mol. The van der Waals surface area contributed by atoms with Gasteiger partial charge in [0.25, 0.3) is 5.56 Å². The molecule has 29 heavy (non-hydrogen) atoms. The number of rotatable bonds is 7. The first-order valence-electron chi connectivity index (χ1n) is 8.58. The maximum atomic E-state index is 12.7. The molecular formula is C19H19N3O6S. The highest BCUT2D eigenvalue weighted by molar-refractivity contribution is 7.22. The van der Waals surface area contributed by atoms with Crippen LogP contribution in [0.15, 0.2) is 41.5 Å². The zero-order valence-electron chi connectivity index (χ0n) is 15.7. The molecule has 3 aromatic rings. The molecule has 3 rings (SSSR count). The summed E-state index contributed by atoms with van der Waals surface area (Å²) in [6.45, 7) is -0.953. The van der Waals surface area contributed by atoms with Crippen LogP contribution in [0.25, 0.3) is 20.7 Å². The number of aliphatic hydroxyl groups is 1. The smallest absolute Gasteiger partial charge is 0.330 e. The van der Waals surface area contributed by atoms with Gasteiger partial charge >= 0.3 is 5.97 Å². The Morgan fingerprint density at radius 3 is 2.62 bits per heavy atom. The van der Waals surface area contributed by atoms with E-state index >= 15 is 0 Å². The van der Waals surface area contributed by atoms with Crippen molar-refractivity contribution >= 4 is 33.4 Å². The summed E-state index contributed by atoms with van der Waals surface area (Å²) in [5.41, 5.74) is 1.08. The second-order valence-electron chi connectivity index (χ2n) is 6.06. The Morgan fingerprint density at radius 1 is 1.28 bits per heavy atom. The van der Waals surface area contributed by atoms with E-state index in [2.05, 4.69) is 15.0 Å². The van der Waals surface area contributed by atoms with Crippen molar-refractivity contribution in [3.8, 4) is 16.2 Å². The van der Waals surface area contributed by atoms with E-state index in [-0.39, 0.29) is 12.1 Å². The number of thiophene rings is 1. The SMILES string of the molecule is COC(=O)[C@H](CO)NC(=O)Cn1cnc2cc(-c3ccc(OC)cc3)sc2c1=O. The molecule has 0 aliphatic carbocycles. The van der Waals surface area contributed by atoms with Crippen LogP contribution in [0.2, 0.25) is 0 Å². The molecule has 0 spiro atoms. The normalized spacial score (nSPS) is 11.8. The van der Waals surface area contributed by atoms with E-state index in [1.807, 2.05) is 30.3 Å². The molecule has 0 radical (unpaired) electrons. The van der Waals surface area contributed by atoms with E-state index in [0.29, 0.717) is 10.2 Å². The first-order valence-corrected chi connectivity index (χ1v) is 9.40. The van der Waals surface area contributed by atoms with E-state index in [9.17, 15) is 19.5 Å². The van der Waals surface area contributed by atoms with Crippen LogP contribution in [-0.4, -0.2) is 53.4 Å². The summed E-state index contributed by atoms with van der Waals surface area (Å²) >= 11 is 1.28. The minimum Gasteiger partial charge on any atom is -0.497 e. The third kappa shape index (κ3) is 4.44. The molecular weight excluding hydrogens is 398 g/mol.